The van der Waals surface area contributed by atoms with Crippen LogP contribution in [0.5, 0.6) is 0 Å². The van der Waals surface area contributed by atoms with E-state index in [2.05, 4.69) is 5.32 Å². The van der Waals surface area contributed by atoms with Crippen molar-refractivity contribution in [3.8, 4) is 0 Å². The van der Waals surface area contributed by atoms with Crippen LogP contribution in [0.3, 0.4) is 0 Å². The second kappa shape index (κ2) is 13.9. The maximum absolute atomic E-state index is 12.5. The highest BCUT2D eigenvalue weighted by Gasteiger charge is 2.31. The van der Waals surface area contributed by atoms with Gasteiger partial charge in [0.1, 0.15) is 12.1 Å². The molecule has 0 spiro atoms. The van der Waals surface area contributed by atoms with Crippen molar-refractivity contribution < 1.29 is 54.3 Å². The van der Waals surface area contributed by atoms with E-state index >= 15 is 0 Å². The third-order valence-corrected chi connectivity index (χ3v) is 4.15. The molecular weight excluding hydrogens is 436 g/mol. The van der Waals surface area contributed by atoms with E-state index in [-0.39, 0.29) is 6.42 Å². The van der Waals surface area contributed by atoms with Crippen molar-refractivity contribution in [2.75, 3.05) is 6.61 Å². The number of carbonyl (C=O) groups is 6. The summed E-state index contributed by atoms with van der Waals surface area (Å²) < 4.78 is 0. The molecule has 0 rings (SSSR count). The minimum absolute atomic E-state index is 0.258. The molecule has 0 radical (unpaired) electrons. The SMILES string of the molecule is CC(O)C(NC(=O)C(CO)NC(=O)C(CCC(=O)O)NC(=O)C(N)CCC(=O)O)C(=O)O. The number of amides is 3. The van der Waals surface area contributed by atoms with Gasteiger partial charge in [0.25, 0.3) is 0 Å². The molecule has 15 heteroatoms. The molecule has 0 saturated heterocycles. The lowest BCUT2D eigenvalue weighted by atomic mass is 10.1. The van der Waals surface area contributed by atoms with Gasteiger partial charge >= 0.3 is 17.9 Å². The summed E-state index contributed by atoms with van der Waals surface area (Å²) in [7, 11) is 0. The average molecular weight is 464 g/mol. The second-order valence-corrected chi connectivity index (χ2v) is 6.84. The molecular formula is C17H28N4O11. The van der Waals surface area contributed by atoms with E-state index in [1.807, 2.05) is 10.6 Å². The number of aliphatic hydroxyl groups is 2. The van der Waals surface area contributed by atoms with Gasteiger partial charge < -0.3 is 47.2 Å². The van der Waals surface area contributed by atoms with Gasteiger partial charge in [0.05, 0.1) is 18.8 Å². The van der Waals surface area contributed by atoms with E-state index in [0.29, 0.717) is 0 Å². The smallest absolute Gasteiger partial charge is 0.328 e. The van der Waals surface area contributed by atoms with Crippen molar-refractivity contribution >= 4 is 35.6 Å². The highest BCUT2D eigenvalue weighted by atomic mass is 16.4. The first-order valence-electron chi connectivity index (χ1n) is 9.42. The molecule has 0 heterocycles. The molecule has 3 amide bonds. The Hall–Kier alpha value is -3.30. The number of aliphatic hydroxyl groups excluding tert-OH is 2. The highest BCUT2D eigenvalue weighted by molar-refractivity contribution is 5.94. The summed E-state index contributed by atoms with van der Waals surface area (Å²) in [5.74, 6) is -7.26. The summed E-state index contributed by atoms with van der Waals surface area (Å²) in [6, 6.07) is -6.25. The van der Waals surface area contributed by atoms with Crippen LogP contribution in [-0.2, 0) is 28.8 Å². The fraction of sp³-hybridized carbons (Fsp3) is 0.647. The van der Waals surface area contributed by atoms with Gasteiger partial charge in [0.2, 0.25) is 17.7 Å². The minimum atomic E-state index is -1.73. The van der Waals surface area contributed by atoms with Crippen LogP contribution in [0.25, 0.3) is 0 Å². The molecule has 0 aliphatic heterocycles. The van der Waals surface area contributed by atoms with Crippen molar-refractivity contribution in [2.45, 2.75) is 62.9 Å². The van der Waals surface area contributed by atoms with Crippen molar-refractivity contribution in [1.82, 2.24) is 16.0 Å². The molecule has 0 fully saturated rings. The van der Waals surface area contributed by atoms with Gasteiger partial charge in [-0.1, -0.05) is 0 Å². The third kappa shape index (κ3) is 10.6. The van der Waals surface area contributed by atoms with E-state index in [9.17, 15) is 39.0 Å². The molecule has 5 atom stereocenters. The van der Waals surface area contributed by atoms with Crippen LogP contribution >= 0.6 is 0 Å². The van der Waals surface area contributed by atoms with Crippen molar-refractivity contribution in [1.29, 1.82) is 0 Å². The minimum Gasteiger partial charge on any atom is -0.481 e. The number of hydrogen-bond donors (Lipinski definition) is 9. The molecule has 32 heavy (non-hydrogen) atoms. The molecule has 0 saturated carbocycles. The van der Waals surface area contributed by atoms with Crippen molar-refractivity contribution in [3.63, 3.8) is 0 Å². The van der Waals surface area contributed by atoms with E-state index in [1.165, 1.54) is 0 Å². The molecule has 0 bridgehead atoms. The Labute approximate surface area is 182 Å². The van der Waals surface area contributed by atoms with Crippen molar-refractivity contribution in [3.05, 3.63) is 0 Å². The standard InChI is InChI=1S/C17H28N4O11/c1-7(23)13(17(31)32)21-16(30)10(6-22)20-15(29)9(3-5-12(26)27)19-14(28)8(18)2-4-11(24)25/h7-10,13,22-23H,2-6,18H2,1H3,(H,19,28)(H,20,29)(H,21,30)(H,24,25)(H,26,27)(H,31,32). The zero-order valence-corrected chi connectivity index (χ0v) is 17.2. The summed E-state index contributed by atoms with van der Waals surface area (Å²) in [6.07, 6.45) is -3.18. The van der Waals surface area contributed by atoms with Crippen LogP contribution in [0.2, 0.25) is 0 Å². The summed E-state index contributed by atoms with van der Waals surface area (Å²) in [6.45, 7) is 0.109. The number of nitrogens with one attached hydrogen (secondary N) is 3. The summed E-state index contributed by atoms with van der Waals surface area (Å²) in [5, 5.41) is 51.4. The molecule has 0 aromatic carbocycles. The van der Waals surface area contributed by atoms with Gasteiger partial charge in [-0.3, -0.25) is 24.0 Å². The Morgan fingerprint density at radius 2 is 1.25 bits per heavy atom. The van der Waals surface area contributed by atoms with Crippen LogP contribution in [0, 0.1) is 0 Å². The van der Waals surface area contributed by atoms with Crippen LogP contribution in [0.15, 0.2) is 0 Å². The van der Waals surface area contributed by atoms with Gasteiger partial charge in [-0.05, 0) is 19.8 Å². The first-order valence-corrected chi connectivity index (χ1v) is 9.42. The lowest BCUT2D eigenvalue weighted by Crippen LogP contribution is -2.59. The van der Waals surface area contributed by atoms with Gasteiger partial charge in [-0.25, -0.2) is 4.79 Å². The van der Waals surface area contributed by atoms with Crippen LogP contribution in [-0.4, -0.2) is 98.0 Å². The first-order chi connectivity index (χ1) is 14.8. The Morgan fingerprint density at radius 3 is 1.69 bits per heavy atom. The number of carboxylic acid groups (broad SMARTS) is 3. The first kappa shape index (κ1) is 28.7. The van der Waals surface area contributed by atoms with Crippen LogP contribution in [0.1, 0.15) is 32.6 Å². The van der Waals surface area contributed by atoms with Crippen LogP contribution < -0.4 is 21.7 Å². The Morgan fingerprint density at radius 1 is 0.781 bits per heavy atom. The predicted octanol–water partition coefficient (Wildman–Crippen LogP) is -4.04. The fourth-order valence-corrected chi connectivity index (χ4v) is 2.33. The zero-order chi connectivity index (χ0) is 25.0. The molecule has 0 aliphatic rings. The molecule has 10 N–H and O–H groups in total. The molecule has 5 unspecified atom stereocenters. The highest BCUT2D eigenvalue weighted by Crippen LogP contribution is 2.03. The average Bonchev–Trinajstić information content (AvgIpc) is 2.69. The van der Waals surface area contributed by atoms with E-state index in [4.69, 9.17) is 21.1 Å². The lowest BCUT2D eigenvalue weighted by molar-refractivity contribution is -0.145. The predicted molar refractivity (Wildman–Crippen MR) is 104 cm³/mol. The zero-order valence-electron chi connectivity index (χ0n) is 17.2. The molecule has 182 valence electrons. The van der Waals surface area contributed by atoms with Gasteiger partial charge in [0.15, 0.2) is 6.04 Å². The normalized spacial score (nSPS) is 15.4. The summed E-state index contributed by atoms with van der Waals surface area (Å²) in [5.41, 5.74) is 5.55. The van der Waals surface area contributed by atoms with Gasteiger partial charge in [-0.2, -0.15) is 0 Å². The number of rotatable bonds is 15. The van der Waals surface area contributed by atoms with Gasteiger partial charge in [0, 0.05) is 12.8 Å². The molecule has 0 aliphatic carbocycles. The van der Waals surface area contributed by atoms with Gasteiger partial charge in [-0.15, -0.1) is 0 Å². The summed E-state index contributed by atoms with van der Waals surface area (Å²) in [4.78, 5) is 69.3. The van der Waals surface area contributed by atoms with Crippen LogP contribution in [0.4, 0.5) is 0 Å². The molecule has 0 aromatic heterocycles. The topological polar surface area (TPSA) is 266 Å². The van der Waals surface area contributed by atoms with E-state index < -0.39 is 91.8 Å². The van der Waals surface area contributed by atoms with E-state index in [1.54, 1.807) is 0 Å². The van der Waals surface area contributed by atoms with Crippen molar-refractivity contribution in [2.24, 2.45) is 5.73 Å². The Kier molecular flexibility index (Phi) is 12.5. The molecule has 0 aromatic rings. The largest absolute Gasteiger partial charge is 0.481 e. The lowest BCUT2D eigenvalue weighted by Gasteiger charge is -2.24. The number of carbonyl (C=O) groups excluding carboxylic acids is 3. The number of carboxylic acids is 3. The summed E-state index contributed by atoms with van der Waals surface area (Å²) >= 11 is 0. The Balaban J connectivity index is 5.29. The fourth-order valence-electron chi connectivity index (χ4n) is 2.33. The monoisotopic (exact) mass is 464 g/mol. The van der Waals surface area contributed by atoms with E-state index in [0.717, 1.165) is 6.92 Å². The third-order valence-electron chi connectivity index (χ3n) is 4.15. The number of nitrogens with two attached hydrogens (primary N) is 1. The Bertz CT molecular complexity index is 713. The number of hydrogen-bond acceptors (Lipinski definition) is 9. The number of aliphatic carboxylic acids is 3. The maximum Gasteiger partial charge on any atom is 0.328 e. The quantitative estimate of drug-likeness (QED) is 0.112. The maximum atomic E-state index is 12.5. The second-order valence-electron chi connectivity index (χ2n) is 6.84. The molecule has 15 nitrogen and oxygen atoms in total.